The van der Waals surface area contributed by atoms with Gasteiger partial charge in [0.15, 0.2) is 0 Å². The van der Waals surface area contributed by atoms with Crippen molar-refractivity contribution in [3.63, 3.8) is 0 Å². The van der Waals surface area contributed by atoms with E-state index in [1.807, 2.05) is 51.1 Å². The number of benzene rings is 1. The Morgan fingerprint density at radius 2 is 1.84 bits per heavy atom. The summed E-state index contributed by atoms with van der Waals surface area (Å²) in [7, 11) is -3.74. The van der Waals surface area contributed by atoms with Crippen LogP contribution in [0.3, 0.4) is 0 Å². The lowest BCUT2D eigenvalue weighted by atomic mass is 10.00. The number of amides is 1. The molecule has 0 radical (unpaired) electrons. The Morgan fingerprint density at radius 3 is 2.40 bits per heavy atom. The summed E-state index contributed by atoms with van der Waals surface area (Å²) in [6.45, 7) is 5.80. The number of rotatable bonds is 8. The molecule has 2 aromatic rings. The van der Waals surface area contributed by atoms with Crippen molar-refractivity contribution in [3.8, 4) is 0 Å². The van der Waals surface area contributed by atoms with Crippen molar-refractivity contribution in [2.24, 2.45) is 0 Å². The molecule has 0 saturated heterocycles. The molecule has 0 saturated carbocycles. The van der Waals surface area contributed by atoms with Crippen LogP contribution in [0.15, 0.2) is 52.1 Å². The van der Waals surface area contributed by atoms with Gasteiger partial charge in [-0.3, -0.25) is 4.79 Å². The molecule has 0 bridgehead atoms. The van der Waals surface area contributed by atoms with E-state index in [2.05, 4.69) is 10.0 Å². The van der Waals surface area contributed by atoms with Crippen LogP contribution in [0, 0.1) is 0 Å². The Labute approximate surface area is 153 Å². The Balaban J connectivity index is 2.24. The zero-order chi connectivity index (χ0) is 18.5. The van der Waals surface area contributed by atoms with E-state index < -0.39 is 21.6 Å². The van der Waals surface area contributed by atoms with Crippen molar-refractivity contribution in [1.82, 2.24) is 10.0 Å². The smallest absolute Gasteiger partial charge is 0.250 e. The van der Waals surface area contributed by atoms with Gasteiger partial charge in [-0.05, 0) is 43.7 Å². The maximum atomic E-state index is 12.7. The summed E-state index contributed by atoms with van der Waals surface area (Å²) in [5, 5.41) is 4.63. The molecule has 0 fully saturated rings. The molecule has 0 aliphatic heterocycles. The number of hydrogen-bond acceptors (Lipinski definition) is 4. The fourth-order valence-corrected chi connectivity index (χ4v) is 4.41. The number of nitrogens with one attached hydrogen (secondary N) is 2. The van der Waals surface area contributed by atoms with Gasteiger partial charge in [-0.2, -0.15) is 4.72 Å². The van der Waals surface area contributed by atoms with Crippen molar-refractivity contribution < 1.29 is 13.2 Å². The molecule has 1 atom stereocenters. The maximum absolute atomic E-state index is 12.7. The summed E-state index contributed by atoms with van der Waals surface area (Å²) in [5.41, 5.74) is 0.492. The third kappa shape index (κ3) is 5.66. The summed E-state index contributed by atoms with van der Waals surface area (Å²) < 4.78 is 27.9. The first-order valence-electron chi connectivity index (χ1n) is 8.15. The molecule has 0 aliphatic rings. The van der Waals surface area contributed by atoms with Gasteiger partial charge in [-0.15, -0.1) is 11.3 Å². The topological polar surface area (TPSA) is 75.3 Å². The highest BCUT2D eigenvalue weighted by molar-refractivity contribution is 7.91. The average Bonchev–Trinajstić information content (AvgIpc) is 3.10. The average molecular weight is 381 g/mol. The maximum Gasteiger partial charge on any atom is 0.250 e. The molecule has 136 valence electrons. The lowest BCUT2D eigenvalue weighted by Gasteiger charge is -2.28. The van der Waals surface area contributed by atoms with Crippen LogP contribution in [-0.2, 0) is 21.2 Å². The Morgan fingerprint density at radius 1 is 1.16 bits per heavy atom. The minimum Gasteiger partial charge on any atom is -0.350 e. The molecule has 2 rings (SSSR count). The second-order valence-corrected chi connectivity index (χ2v) is 9.41. The molecule has 0 spiro atoms. The zero-order valence-electron chi connectivity index (χ0n) is 14.7. The van der Waals surface area contributed by atoms with Gasteiger partial charge in [0, 0.05) is 5.54 Å². The highest BCUT2D eigenvalue weighted by Crippen LogP contribution is 2.17. The summed E-state index contributed by atoms with van der Waals surface area (Å²) in [6.07, 6.45) is 1.03. The monoisotopic (exact) mass is 380 g/mol. The van der Waals surface area contributed by atoms with Gasteiger partial charge < -0.3 is 5.32 Å². The number of carbonyl (C=O) groups excluding carboxylic acids is 1. The van der Waals surface area contributed by atoms with E-state index in [9.17, 15) is 13.2 Å². The minimum absolute atomic E-state index is 0.202. The molecule has 1 aromatic heterocycles. The summed E-state index contributed by atoms with van der Waals surface area (Å²) in [5.74, 6) is -0.323. The van der Waals surface area contributed by atoms with Crippen molar-refractivity contribution in [3.05, 3.63) is 53.4 Å². The van der Waals surface area contributed by atoms with Crippen LogP contribution in [0.25, 0.3) is 0 Å². The lowest BCUT2D eigenvalue weighted by molar-refractivity contribution is -0.124. The molecule has 25 heavy (non-hydrogen) atoms. The number of thiophene rings is 1. The van der Waals surface area contributed by atoms with Crippen LogP contribution in [0.2, 0.25) is 0 Å². The van der Waals surface area contributed by atoms with Crippen LogP contribution in [-0.4, -0.2) is 25.9 Å². The van der Waals surface area contributed by atoms with Gasteiger partial charge in [0.2, 0.25) is 5.91 Å². The first kappa shape index (κ1) is 19.6. The molecular formula is C18H24N2O3S2. The molecule has 0 aliphatic carbocycles. The van der Waals surface area contributed by atoms with Gasteiger partial charge in [0.05, 0.1) is 0 Å². The Bertz CT molecular complexity index is 785. The first-order chi connectivity index (χ1) is 11.7. The molecule has 2 N–H and O–H groups in total. The van der Waals surface area contributed by atoms with Gasteiger partial charge in [0.25, 0.3) is 10.0 Å². The normalized spacial score (nSPS) is 13.4. The second-order valence-electron chi connectivity index (χ2n) is 6.52. The summed E-state index contributed by atoms with van der Waals surface area (Å²) in [4.78, 5) is 12.7. The molecular weight excluding hydrogens is 356 g/mol. The SMILES string of the molecule is CCC(C)(C)NC(=O)[C@H](Cc1ccccc1)NS(=O)(=O)c1cccs1. The highest BCUT2D eigenvalue weighted by Gasteiger charge is 2.29. The fourth-order valence-electron chi connectivity index (χ4n) is 2.21. The van der Waals surface area contributed by atoms with Crippen molar-refractivity contribution >= 4 is 27.3 Å². The zero-order valence-corrected chi connectivity index (χ0v) is 16.3. The highest BCUT2D eigenvalue weighted by atomic mass is 32.2. The van der Waals surface area contributed by atoms with Crippen LogP contribution >= 0.6 is 11.3 Å². The quantitative estimate of drug-likeness (QED) is 0.739. The number of carbonyl (C=O) groups is 1. The Hall–Kier alpha value is -1.70. The molecule has 0 unspecified atom stereocenters. The Kier molecular flexibility index (Phi) is 6.37. The lowest BCUT2D eigenvalue weighted by Crippen LogP contribution is -2.53. The van der Waals surface area contributed by atoms with Crippen LogP contribution < -0.4 is 10.0 Å². The van der Waals surface area contributed by atoms with E-state index >= 15 is 0 Å². The van der Waals surface area contributed by atoms with Gasteiger partial charge >= 0.3 is 0 Å². The molecule has 1 heterocycles. The van der Waals surface area contributed by atoms with E-state index in [1.165, 1.54) is 6.07 Å². The minimum atomic E-state index is -3.74. The van der Waals surface area contributed by atoms with Gasteiger partial charge in [-0.1, -0.05) is 43.3 Å². The second kappa shape index (κ2) is 8.12. The van der Waals surface area contributed by atoms with E-state index in [0.29, 0.717) is 0 Å². The fraction of sp³-hybridized carbons (Fsp3) is 0.389. The largest absolute Gasteiger partial charge is 0.350 e. The predicted octanol–water partition coefficient (Wildman–Crippen LogP) is 2.94. The summed E-state index contributed by atoms with van der Waals surface area (Å²) in [6, 6.07) is 11.7. The summed E-state index contributed by atoms with van der Waals surface area (Å²) >= 11 is 1.13. The van der Waals surface area contributed by atoms with Crippen LogP contribution in [0.5, 0.6) is 0 Å². The van der Waals surface area contributed by atoms with E-state index in [1.54, 1.807) is 11.4 Å². The van der Waals surface area contributed by atoms with Crippen LogP contribution in [0.1, 0.15) is 32.8 Å². The predicted molar refractivity (Wildman–Crippen MR) is 101 cm³/mol. The standard InChI is InChI=1S/C18H24N2O3S2/c1-4-18(2,3)19-17(21)15(13-14-9-6-5-7-10-14)20-25(22,23)16-11-8-12-24-16/h5-12,15,20H,4,13H2,1-3H3,(H,19,21)/t15-/m0/s1. The van der Waals surface area contributed by atoms with Gasteiger partial charge in [-0.25, -0.2) is 8.42 Å². The number of sulfonamides is 1. The van der Waals surface area contributed by atoms with E-state index in [-0.39, 0.29) is 16.5 Å². The molecule has 1 aromatic carbocycles. The van der Waals surface area contributed by atoms with Crippen molar-refractivity contribution in [2.75, 3.05) is 0 Å². The van der Waals surface area contributed by atoms with Gasteiger partial charge in [0.1, 0.15) is 10.3 Å². The molecule has 1 amide bonds. The third-order valence-electron chi connectivity index (χ3n) is 4.00. The van der Waals surface area contributed by atoms with Crippen LogP contribution in [0.4, 0.5) is 0 Å². The van der Waals surface area contributed by atoms with Crippen molar-refractivity contribution in [2.45, 2.75) is 49.4 Å². The van der Waals surface area contributed by atoms with Crippen molar-refractivity contribution in [1.29, 1.82) is 0 Å². The third-order valence-corrected chi connectivity index (χ3v) is 6.87. The first-order valence-corrected chi connectivity index (χ1v) is 10.5. The molecule has 5 nitrogen and oxygen atoms in total. The number of hydrogen-bond donors (Lipinski definition) is 2. The van der Waals surface area contributed by atoms with E-state index in [0.717, 1.165) is 23.3 Å². The molecule has 7 heteroatoms. The van der Waals surface area contributed by atoms with E-state index in [4.69, 9.17) is 0 Å².